The van der Waals surface area contributed by atoms with Gasteiger partial charge in [0.25, 0.3) is 0 Å². The minimum absolute atomic E-state index is 0.0412. The van der Waals surface area contributed by atoms with E-state index in [-0.39, 0.29) is 23.1 Å². The van der Waals surface area contributed by atoms with Crippen molar-refractivity contribution in [3.8, 4) is 0 Å². The van der Waals surface area contributed by atoms with Crippen LogP contribution in [0.15, 0.2) is 11.4 Å². The predicted molar refractivity (Wildman–Crippen MR) is 101 cm³/mol. The summed E-state index contributed by atoms with van der Waals surface area (Å²) in [6, 6.07) is 1.83. The molecule has 0 saturated carbocycles. The molecule has 0 aromatic carbocycles. The summed E-state index contributed by atoms with van der Waals surface area (Å²) in [5.74, 6) is 0.336. The first kappa shape index (κ1) is 19.0. The Morgan fingerprint density at radius 2 is 1.96 bits per heavy atom. The van der Waals surface area contributed by atoms with Gasteiger partial charge in [-0.1, -0.05) is 0 Å². The topological polar surface area (TPSA) is 60.9 Å². The van der Waals surface area contributed by atoms with E-state index >= 15 is 0 Å². The lowest BCUT2D eigenvalue weighted by atomic mass is 9.86. The summed E-state index contributed by atoms with van der Waals surface area (Å²) in [7, 11) is 3.96. The number of likely N-dealkylation sites (N-methyl/N-ethyl adjacent to an activating group) is 1. The number of carbonyl (C=O) groups excluding carboxylic acids is 3. The van der Waals surface area contributed by atoms with Gasteiger partial charge < -0.3 is 9.80 Å². The van der Waals surface area contributed by atoms with Crippen LogP contribution in [0.25, 0.3) is 0 Å². The zero-order valence-corrected chi connectivity index (χ0v) is 16.6. The van der Waals surface area contributed by atoms with Gasteiger partial charge in [0.15, 0.2) is 5.78 Å². The van der Waals surface area contributed by atoms with Gasteiger partial charge in [0.1, 0.15) is 0 Å². The van der Waals surface area contributed by atoms with E-state index in [1.54, 1.807) is 11.8 Å². The third-order valence-corrected chi connectivity index (χ3v) is 6.93. The average Bonchev–Trinajstić information content (AvgIpc) is 3.02. The van der Waals surface area contributed by atoms with Crippen LogP contribution < -0.4 is 0 Å². The van der Waals surface area contributed by atoms with Gasteiger partial charge in [0.05, 0.1) is 11.3 Å². The number of hydrogen-bond acceptors (Lipinski definition) is 5. The van der Waals surface area contributed by atoms with Crippen LogP contribution in [0.1, 0.15) is 41.4 Å². The van der Waals surface area contributed by atoms with E-state index in [0.29, 0.717) is 30.8 Å². The second-order valence-electron chi connectivity index (χ2n) is 7.58. The molecule has 3 rings (SSSR count). The Morgan fingerprint density at radius 3 is 2.65 bits per heavy atom. The fourth-order valence-corrected chi connectivity index (χ4v) is 4.73. The van der Waals surface area contributed by atoms with Crippen LogP contribution in [0.3, 0.4) is 0 Å². The fourth-order valence-electron chi connectivity index (χ4n) is 3.91. The number of likely N-dealkylation sites (tertiary alicyclic amines) is 1. The molecule has 142 valence electrons. The average molecular weight is 378 g/mol. The molecule has 26 heavy (non-hydrogen) atoms. The maximum Gasteiger partial charge on any atom is 0.227 e. The van der Waals surface area contributed by atoms with Crippen molar-refractivity contribution < 1.29 is 14.4 Å². The molecule has 0 bridgehead atoms. The third kappa shape index (κ3) is 3.83. The monoisotopic (exact) mass is 377 g/mol. The Kier molecular flexibility index (Phi) is 5.48. The van der Waals surface area contributed by atoms with Crippen molar-refractivity contribution in [2.45, 2.75) is 38.1 Å². The summed E-state index contributed by atoms with van der Waals surface area (Å²) in [5.41, 5.74) is 0.794. The quantitative estimate of drug-likeness (QED) is 0.752. The molecule has 2 fully saturated rings. The highest BCUT2D eigenvalue weighted by molar-refractivity contribution is 7.12. The number of hydrogen-bond donors (Lipinski definition) is 0. The minimum atomic E-state index is -0.118. The lowest BCUT2D eigenvalue weighted by Crippen LogP contribution is -2.62. The number of nitrogens with zero attached hydrogens (tertiary/aromatic N) is 3. The van der Waals surface area contributed by atoms with Gasteiger partial charge in [0, 0.05) is 45.2 Å². The lowest BCUT2D eigenvalue weighted by molar-refractivity contribution is -0.136. The predicted octanol–water partition coefficient (Wildman–Crippen LogP) is 1.65. The molecule has 3 heterocycles. The van der Waals surface area contributed by atoms with Gasteiger partial charge in [-0.05, 0) is 43.8 Å². The molecule has 1 atom stereocenters. The number of rotatable bonds is 3. The molecule has 0 aliphatic carbocycles. The van der Waals surface area contributed by atoms with Gasteiger partial charge in [-0.25, -0.2) is 0 Å². The van der Waals surface area contributed by atoms with Crippen molar-refractivity contribution in [3.63, 3.8) is 0 Å². The summed E-state index contributed by atoms with van der Waals surface area (Å²) in [5, 5.41) is 1.90. The molecule has 1 aromatic heterocycles. The van der Waals surface area contributed by atoms with Crippen LogP contribution in [-0.4, -0.2) is 78.1 Å². The van der Waals surface area contributed by atoms with Crippen LogP contribution in [-0.2, 0) is 16.0 Å². The SMILES string of the molecule is CC(=O)c1cc(CC(=O)N2CCN(C)[C@]3(CCC(=O)N(C)CC3)C2)cs1. The van der Waals surface area contributed by atoms with Gasteiger partial charge in [-0.2, -0.15) is 0 Å². The first-order valence-corrected chi connectivity index (χ1v) is 10.00. The molecule has 1 spiro atoms. The molecular weight excluding hydrogens is 350 g/mol. The molecule has 0 radical (unpaired) electrons. The second kappa shape index (κ2) is 7.48. The van der Waals surface area contributed by atoms with Crippen molar-refractivity contribution >= 4 is 28.9 Å². The molecule has 0 N–H and O–H groups in total. The summed E-state index contributed by atoms with van der Waals surface area (Å²) < 4.78 is 0. The zero-order chi connectivity index (χ0) is 18.9. The van der Waals surface area contributed by atoms with Crippen LogP contribution in [0.2, 0.25) is 0 Å². The Hall–Kier alpha value is -1.73. The van der Waals surface area contributed by atoms with Crippen molar-refractivity contribution in [1.29, 1.82) is 0 Å². The number of piperazine rings is 1. The minimum Gasteiger partial charge on any atom is -0.346 e. The first-order chi connectivity index (χ1) is 12.3. The lowest BCUT2D eigenvalue weighted by Gasteiger charge is -2.49. The Bertz CT molecular complexity index is 717. The molecule has 6 nitrogen and oxygen atoms in total. The van der Waals surface area contributed by atoms with Crippen LogP contribution in [0.5, 0.6) is 0 Å². The standard InChI is InChI=1S/C19H27N3O3S/c1-14(23)16-10-15(12-26-16)11-18(25)22-9-8-21(3)19(13-22)5-4-17(24)20(2)7-6-19/h10,12H,4-9,11,13H2,1-3H3/t19-/m0/s1. The normalized spacial score (nSPS) is 24.8. The summed E-state index contributed by atoms with van der Waals surface area (Å²) in [6.07, 6.45) is 2.56. The number of thiophene rings is 1. The number of Topliss-reactive ketones (excluding diaryl/α,β-unsaturated/α-hetero) is 1. The third-order valence-electron chi connectivity index (χ3n) is 5.85. The van der Waals surface area contributed by atoms with E-state index in [1.807, 2.05) is 23.4 Å². The highest BCUT2D eigenvalue weighted by Gasteiger charge is 2.42. The Balaban J connectivity index is 1.69. The molecule has 7 heteroatoms. The van der Waals surface area contributed by atoms with Gasteiger partial charge >= 0.3 is 0 Å². The van der Waals surface area contributed by atoms with E-state index in [1.165, 1.54) is 11.3 Å². The Labute approximate surface area is 158 Å². The van der Waals surface area contributed by atoms with Crippen LogP contribution >= 0.6 is 11.3 Å². The molecule has 2 saturated heterocycles. The highest BCUT2D eigenvalue weighted by atomic mass is 32.1. The molecule has 1 aromatic rings. The fraction of sp³-hybridized carbons (Fsp3) is 0.632. The van der Waals surface area contributed by atoms with Gasteiger partial charge in [-0.3, -0.25) is 19.3 Å². The Morgan fingerprint density at radius 1 is 1.19 bits per heavy atom. The smallest absolute Gasteiger partial charge is 0.227 e. The van der Waals surface area contributed by atoms with E-state index < -0.39 is 0 Å². The van der Waals surface area contributed by atoms with Crippen LogP contribution in [0.4, 0.5) is 0 Å². The highest BCUT2D eigenvalue weighted by Crippen LogP contribution is 2.32. The van der Waals surface area contributed by atoms with Crippen molar-refractivity contribution in [2.24, 2.45) is 0 Å². The molecular formula is C19H27N3O3S. The maximum atomic E-state index is 12.8. The summed E-state index contributed by atoms with van der Waals surface area (Å²) >= 11 is 1.40. The number of ketones is 1. The van der Waals surface area contributed by atoms with E-state index in [2.05, 4.69) is 11.9 Å². The maximum absolute atomic E-state index is 12.8. The van der Waals surface area contributed by atoms with E-state index in [9.17, 15) is 14.4 Å². The molecule has 0 unspecified atom stereocenters. The van der Waals surface area contributed by atoms with Crippen molar-refractivity contribution in [1.82, 2.24) is 14.7 Å². The molecule has 2 amide bonds. The summed E-state index contributed by atoms with van der Waals surface area (Å²) in [6.45, 7) is 4.49. The van der Waals surface area contributed by atoms with Gasteiger partial charge in [0.2, 0.25) is 11.8 Å². The first-order valence-electron chi connectivity index (χ1n) is 9.12. The van der Waals surface area contributed by atoms with Crippen molar-refractivity contribution in [2.75, 3.05) is 40.3 Å². The van der Waals surface area contributed by atoms with Gasteiger partial charge in [-0.15, -0.1) is 11.3 Å². The number of carbonyl (C=O) groups is 3. The van der Waals surface area contributed by atoms with Crippen molar-refractivity contribution in [3.05, 3.63) is 21.9 Å². The zero-order valence-electron chi connectivity index (χ0n) is 15.8. The number of amides is 2. The van der Waals surface area contributed by atoms with E-state index in [4.69, 9.17) is 0 Å². The molecule has 2 aliphatic heterocycles. The molecule has 2 aliphatic rings. The second-order valence-corrected chi connectivity index (χ2v) is 8.49. The summed E-state index contributed by atoms with van der Waals surface area (Å²) in [4.78, 5) is 43.1. The largest absolute Gasteiger partial charge is 0.346 e. The van der Waals surface area contributed by atoms with E-state index in [0.717, 1.165) is 31.5 Å². The van der Waals surface area contributed by atoms with Crippen LogP contribution in [0, 0.1) is 0 Å².